The Labute approximate surface area is 103 Å². The highest BCUT2D eigenvalue weighted by molar-refractivity contribution is 9.10. The molecule has 0 radical (unpaired) electrons. The number of piperidine rings is 1. The molecule has 1 atom stereocenters. The fourth-order valence-electron chi connectivity index (χ4n) is 1.75. The second kappa shape index (κ2) is 4.74. The molecule has 0 bridgehead atoms. The van der Waals surface area contributed by atoms with Gasteiger partial charge in [0, 0.05) is 22.4 Å². The number of hydrogen-bond acceptors (Lipinski definition) is 3. The van der Waals surface area contributed by atoms with Crippen molar-refractivity contribution in [3.63, 3.8) is 0 Å². The lowest BCUT2D eigenvalue weighted by atomic mass is 10.1. The Bertz CT molecular complexity index is 408. The first-order chi connectivity index (χ1) is 7.66. The van der Waals surface area contributed by atoms with Crippen molar-refractivity contribution in [2.45, 2.75) is 18.9 Å². The van der Waals surface area contributed by atoms with E-state index in [4.69, 9.17) is 5.73 Å². The van der Waals surface area contributed by atoms with Crippen molar-refractivity contribution in [2.75, 3.05) is 17.6 Å². The van der Waals surface area contributed by atoms with E-state index in [9.17, 15) is 4.79 Å². The van der Waals surface area contributed by atoms with Crippen LogP contribution in [0, 0.1) is 0 Å². The third-order valence-electron chi connectivity index (χ3n) is 2.61. The number of nitrogen functional groups attached to an aromatic ring is 1. The lowest BCUT2D eigenvalue weighted by Gasteiger charge is -2.24. The normalized spacial score (nSPS) is 20.3. The van der Waals surface area contributed by atoms with Crippen molar-refractivity contribution in [1.29, 1.82) is 0 Å². The van der Waals surface area contributed by atoms with E-state index in [0.29, 0.717) is 5.69 Å². The van der Waals surface area contributed by atoms with E-state index in [-0.39, 0.29) is 11.9 Å². The number of nitrogens with two attached hydrogens (primary N) is 1. The molecule has 1 aliphatic rings. The summed E-state index contributed by atoms with van der Waals surface area (Å²) < 4.78 is 0.880. The topological polar surface area (TPSA) is 67.2 Å². The summed E-state index contributed by atoms with van der Waals surface area (Å²) in [6.07, 6.45) is 1.87. The molecule has 5 heteroatoms. The molecule has 1 aromatic rings. The molecule has 2 rings (SSSR count). The number of rotatable bonds is 2. The van der Waals surface area contributed by atoms with E-state index < -0.39 is 0 Å². The molecule has 4 nitrogen and oxygen atoms in total. The van der Waals surface area contributed by atoms with Crippen LogP contribution in [0.2, 0.25) is 0 Å². The Hall–Kier alpha value is -1.23. The van der Waals surface area contributed by atoms with Crippen molar-refractivity contribution >= 4 is 33.2 Å². The van der Waals surface area contributed by atoms with Crippen LogP contribution in [0.25, 0.3) is 0 Å². The van der Waals surface area contributed by atoms with E-state index in [1.807, 2.05) is 18.2 Å². The first-order valence-corrected chi connectivity index (χ1v) is 6.05. The lowest BCUT2D eigenvalue weighted by Crippen LogP contribution is -2.44. The second-order valence-corrected chi connectivity index (χ2v) is 4.72. The van der Waals surface area contributed by atoms with Gasteiger partial charge in [0.1, 0.15) is 6.04 Å². The fraction of sp³-hybridized carbons (Fsp3) is 0.364. The van der Waals surface area contributed by atoms with Crippen LogP contribution in [-0.4, -0.2) is 18.5 Å². The maximum Gasteiger partial charge on any atom is 0.242 e. The van der Waals surface area contributed by atoms with E-state index in [1.54, 1.807) is 0 Å². The first kappa shape index (κ1) is 11.3. The van der Waals surface area contributed by atoms with Gasteiger partial charge in [-0.2, -0.15) is 0 Å². The Kier molecular flexibility index (Phi) is 3.33. The molecule has 1 aliphatic heterocycles. The standard InChI is InChI=1S/C11H14BrN3O/c12-8-6-7(13)3-4-9(8)15-10-2-1-5-14-11(10)16/h3-4,6,10,15H,1-2,5,13H2,(H,14,16). The molecule has 1 amide bonds. The highest BCUT2D eigenvalue weighted by Gasteiger charge is 2.21. The molecular formula is C11H14BrN3O. The van der Waals surface area contributed by atoms with Crippen molar-refractivity contribution in [1.82, 2.24) is 5.32 Å². The molecule has 0 aromatic heterocycles. The maximum absolute atomic E-state index is 11.6. The molecule has 4 N–H and O–H groups in total. The molecule has 1 heterocycles. The monoisotopic (exact) mass is 283 g/mol. The van der Waals surface area contributed by atoms with E-state index in [2.05, 4.69) is 26.6 Å². The summed E-state index contributed by atoms with van der Waals surface area (Å²) in [7, 11) is 0. The first-order valence-electron chi connectivity index (χ1n) is 5.26. The third-order valence-corrected chi connectivity index (χ3v) is 3.26. The highest BCUT2D eigenvalue weighted by Crippen LogP contribution is 2.26. The molecule has 16 heavy (non-hydrogen) atoms. The van der Waals surface area contributed by atoms with Crippen molar-refractivity contribution < 1.29 is 4.79 Å². The maximum atomic E-state index is 11.6. The molecule has 86 valence electrons. The van der Waals surface area contributed by atoms with Gasteiger partial charge < -0.3 is 16.4 Å². The molecule has 1 aromatic carbocycles. The predicted molar refractivity (Wildman–Crippen MR) is 68.2 cm³/mol. The van der Waals surface area contributed by atoms with Crippen molar-refractivity contribution in [3.05, 3.63) is 22.7 Å². The van der Waals surface area contributed by atoms with Gasteiger partial charge in [-0.1, -0.05) is 0 Å². The largest absolute Gasteiger partial charge is 0.399 e. The van der Waals surface area contributed by atoms with E-state index in [1.165, 1.54) is 0 Å². The van der Waals surface area contributed by atoms with E-state index in [0.717, 1.165) is 29.5 Å². The second-order valence-electron chi connectivity index (χ2n) is 3.87. The molecule has 1 fully saturated rings. The molecule has 0 spiro atoms. The predicted octanol–water partition coefficient (Wildman–Crippen LogP) is 1.72. The molecule has 0 aliphatic carbocycles. The number of carbonyl (C=O) groups is 1. The van der Waals surface area contributed by atoms with Gasteiger partial charge in [0.15, 0.2) is 0 Å². The van der Waals surface area contributed by atoms with Crippen LogP contribution in [0.3, 0.4) is 0 Å². The zero-order valence-electron chi connectivity index (χ0n) is 8.79. The molecule has 1 unspecified atom stereocenters. The summed E-state index contributed by atoms with van der Waals surface area (Å²) in [6, 6.07) is 5.37. The number of halogens is 1. The Morgan fingerprint density at radius 2 is 2.31 bits per heavy atom. The average molecular weight is 284 g/mol. The van der Waals surface area contributed by atoms with Crippen molar-refractivity contribution in [2.24, 2.45) is 0 Å². The number of benzene rings is 1. The minimum Gasteiger partial charge on any atom is -0.399 e. The van der Waals surface area contributed by atoms with Gasteiger partial charge in [-0.3, -0.25) is 4.79 Å². The number of anilines is 2. The number of carbonyl (C=O) groups excluding carboxylic acids is 1. The number of nitrogens with one attached hydrogen (secondary N) is 2. The molecular weight excluding hydrogens is 270 g/mol. The van der Waals surface area contributed by atoms with Crippen LogP contribution in [-0.2, 0) is 4.79 Å². The van der Waals surface area contributed by atoms with Gasteiger partial charge in [-0.15, -0.1) is 0 Å². The summed E-state index contributed by atoms with van der Waals surface area (Å²) in [5, 5.41) is 6.05. The van der Waals surface area contributed by atoms with Gasteiger partial charge >= 0.3 is 0 Å². The summed E-state index contributed by atoms with van der Waals surface area (Å²) in [6.45, 7) is 0.778. The van der Waals surface area contributed by atoms with Gasteiger partial charge in [0.25, 0.3) is 0 Å². The van der Waals surface area contributed by atoms with Crippen LogP contribution in [0.5, 0.6) is 0 Å². The van der Waals surface area contributed by atoms with Crippen LogP contribution in [0.15, 0.2) is 22.7 Å². The summed E-state index contributed by atoms with van der Waals surface area (Å²) in [5.74, 6) is 0.0648. The Balaban J connectivity index is 2.10. The fourth-order valence-corrected chi connectivity index (χ4v) is 2.26. The Morgan fingerprint density at radius 1 is 1.50 bits per heavy atom. The quantitative estimate of drug-likeness (QED) is 0.724. The van der Waals surface area contributed by atoms with Crippen LogP contribution < -0.4 is 16.4 Å². The summed E-state index contributed by atoms with van der Waals surface area (Å²) in [4.78, 5) is 11.6. The van der Waals surface area contributed by atoms with Crippen LogP contribution in [0.1, 0.15) is 12.8 Å². The molecule has 1 saturated heterocycles. The minimum absolute atomic E-state index is 0.0648. The Morgan fingerprint density at radius 3 is 3.00 bits per heavy atom. The SMILES string of the molecule is Nc1ccc(NC2CCCNC2=O)c(Br)c1. The van der Waals surface area contributed by atoms with Crippen LogP contribution >= 0.6 is 15.9 Å². The average Bonchev–Trinajstić information content (AvgIpc) is 2.25. The summed E-state index contributed by atoms with van der Waals surface area (Å²) >= 11 is 3.42. The van der Waals surface area contributed by atoms with Crippen molar-refractivity contribution in [3.8, 4) is 0 Å². The summed E-state index contributed by atoms with van der Waals surface area (Å²) in [5.41, 5.74) is 7.25. The molecule has 0 saturated carbocycles. The smallest absolute Gasteiger partial charge is 0.242 e. The van der Waals surface area contributed by atoms with Crippen LogP contribution in [0.4, 0.5) is 11.4 Å². The minimum atomic E-state index is -0.145. The van der Waals surface area contributed by atoms with Gasteiger partial charge in [0.2, 0.25) is 5.91 Å². The number of amides is 1. The highest BCUT2D eigenvalue weighted by atomic mass is 79.9. The third kappa shape index (κ3) is 2.47. The van der Waals surface area contributed by atoms with Gasteiger partial charge in [-0.05, 0) is 47.0 Å². The zero-order chi connectivity index (χ0) is 11.5. The van der Waals surface area contributed by atoms with Gasteiger partial charge in [-0.25, -0.2) is 0 Å². The lowest BCUT2D eigenvalue weighted by molar-refractivity contribution is -0.123. The van der Waals surface area contributed by atoms with Gasteiger partial charge in [0.05, 0.1) is 0 Å². The van der Waals surface area contributed by atoms with E-state index >= 15 is 0 Å². The zero-order valence-corrected chi connectivity index (χ0v) is 10.4. The number of hydrogen-bond donors (Lipinski definition) is 3.